The highest BCUT2D eigenvalue weighted by Crippen LogP contribution is 2.24. The highest BCUT2D eigenvalue weighted by atomic mass is 16.4. The first-order chi connectivity index (χ1) is 9.29. The third kappa shape index (κ3) is 4.10. The van der Waals surface area contributed by atoms with Gasteiger partial charge >= 0.3 is 12.0 Å². The second-order valence-corrected chi connectivity index (χ2v) is 6.17. The maximum Gasteiger partial charge on any atom is 0.317 e. The van der Waals surface area contributed by atoms with Crippen molar-refractivity contribution in [3.05, 3.63) is 0 Å². The van der Waals surface area contributed by atoms with Crippen LogP contribution in [0.1, 0.15) is 46.0 Å². The molecule has 0 aromatic heterocycles. The Hall–Kier alpha value is -1.30. The highest BCUT2D eigenvalue weighted by molar-refractivity contribution is 5.77. The molecule has 0 bridgehead atoms. The number of rotatable bonds is 4. The minimum atomic E-state index is -0.846. The van der Waals surface area contributed by atoms with Crippen LogP contribution in [0.5, 0.6) is 0 Å². The van der Waals surface area contributed by atoms with Crippen molar-refractivity contribution in [1.29, 1.82) is 0 Å². The SMILES string of the molecule is CN(C(=O)NC1CCCCCC1C(=O)O)C(C)(C)CO. The molecule has 2 amide bonds. The van der Waals surface area contributed by atoms with E-state index in [4.69, 9.17) is 0 Å². The number of carboxylic acids is 1. The number of urea groups is 1. The summed E-state index contributed by atoms with van der Waals surface area (Å²) in [4.78, 5) is 25.0. The molecule has 0 aromatic carbocycles. The predicted molar refractivity (Wildman–Crippen MR) is 75.5 cm³/mol. The molecule has 6 heteroatoms. The van der Waals surface area contributed by atoms with E-state index in [1.54, 1.807) is 20.9 Å². The number of carbonyl (C=O) groups is 2. The Labute approximate surface area is 120 Å². The van der Waals surface area contributed by atoms with Crippen LogP contribution < -0.4 is 5.32 Å². The van der Waals surface area contributed by atoms with E-state index >= 15 is 0 Å². The molecule has 20 heavy (non-hydrogen) atoms. The van der Waals surface area contributed by atoms with Crippen molar-refractivity contribution in [1.82, 2.24) is 10.2 Å². The summed E-state index contributed by atoms with van der Waals surface area (Å²) in [5.74, 6) is -1.37. The Bertz CT molecular complexity index is 357. The van der Waals surface area contributed by atoms with Crippen molar-refractivity contribution >= 4 is 12.0 Å². The summed E-state index contributed by atoms with van der Waals surface area (Å²) in [6.45, 7) is 3.37. The Morgan fingerprint density at radius 1 is 1.25 bits per heavy atom. The van der Waals surface area contributed by atoms with E-state index in [-0.39, 0.29) is 18.7 Å². The van der Waals surface area contributed by atoms with Gasteiger partial charge in [-0.2, -0.15) is 0 Å². The van der Waals surface area contributed by atoms with Gasteiger partial charge in [0.15, 0.2) is 0 Å². The molecule has 0 aliphatic heterocycles. The molecule has 0 saturated heterocycles. The van der Waals surface area contributed by atoms with Gasteiger partial charge in [0.05, 0.1) is 18.1 Å². The van der Waals surface area contributed by atoms with Crippen LogP contribution in [0, 0.1) is 5.92 Å². The number of hydrogen-bond acceptors (Lipinski definition) is 3. The van der Waals surface area contributed by atoms with E-state index in [1.807, 2.05) is 0 Å². The summed E-state index contributed by atoms with van der Waals surface area (Å²) >= 11 is 0. The predicted octanol–water partition coefficient (Wildman–Crippen LogP) is 1.43. The van der Waals surface area contributed by atoms with Gasteiger partial charge in [-0.1, -0.05) is 19.3 Å². The first kappa shape index (κ1) is 16.8. The van der Waals surface area contributed by atoms with Gasteiger partial charge in [-0.15, -0.1) is 0 Å². The number of carboxylic acid groups (broad SMARTS) is 1. The van der Waals surface area contributed by atoms with Gasteiger partial charge in [0.2, 0.25) is 0 Å². The number of nitrogens with zero attached hydrogens (tertiary/aromatic N) is 1. The third-order valence-electron chi connectivity index (χ3n) is 4.24. The number of likely N-dealkylation sites (N-methyl/N-ethyl adjacent to an activating group) is 1. The minimum Gasteiger partial charge on any atom is -0.481 e. The number of aliphatic hydroxyl groups excluding tert-OH is 1. The number of aliphatic hydroxyl groups is 1. The van der Waals surface area contributed by atoms with Crippen LogP contribution in [-0.2, 0) is 4.79 Å². The zero-order valence-electron chi connectivity index (χ0n) is 12.6. The lowest BCUT2D eigenvalue weighted by molar-refractivity contribution is -0.142. The molecule has 1 rings (SSSR count). The van der Waals surface area contributed by atoms with Crippen molar-refractivity contribution in [2.24, 2.45) is 5.92 Å². The number of aliphatic carboxylic acids is 1. The van der Waals surface area contributed by atoms with Crippen LogP contribution in [0.3, 0.4) is 0 Å². The number of nitrogens with one attached hydrogen (secondary N) is 1. The lowest BCUT2D eigenvalue weighted by Gasteiger charge is -2.35. The molecular formula is C14H26N2O4. The van der Waals surface area contributed by atoms with E-state index < -0.39 is 17.4 Å². The first-order valence-corrected chi connectivity index (χ1v) is 7.17. The fourth-order valence-corrected chi connectivity index (χ4v) is 2.41. The summed E-state index contributed by atoms with van der Waals surface area (Å²) in [6, 6.07) is -0.665. The fraction of sp³-hybridized carbons (Fsp3) is 0.857. The second kappa shape index (κ2) is 6.92. The van der Waals surface area contributed by atoms with Gasteiger partial charge in [0.1, 0.15) is 0 Å². The molecule has 0 aromatic rings. The number of hydrogen-bond donors (Lipinski definition) is 3. The molecule has 6 nitrogen and oxygen atoms in total. The lowest BCUT2D eigenvalue weighted by atomic mass is 9.95. The molecule has 116 valence electrons. The van der Waals surface area contributed by atoms with Crippen molar-refractivity contribution in [3.8, 4) is 0 Å². The van der Waals surface area contributed by atoms with Crippen molar-refractivity contribution in [3.63, 3.8) is 0 Å². The van der Waals surface area contributed by atoms with Crippen LogP contribution in [0.2, 0.25) is 0 Å². The van der Waals surface area contributed by atoms with Crippen molar-refractivity contribution < 1.29 is 19.8 Å². The molecule has 2 unspecified atom stereocenters. The molecule has 1 aliphatic carbocycles. The molecule has 0 spiro atoms. The van der Waals surface area contributed by atoms with Crippen molar-refractivity contribution in [2.75, 3.05) is 13.7 Å². The highest BCUT2D eigenvalue weighted by Gasteiger charge is 2.33. The topological polar surface area (TPSA) is 89.9 Å². The summed E-state index contributed by atoms with van der Waals surface area (Å²) in [5, 5.41) is 21.4. The van der Waals surface area contributed by atoms with E-state index in [9.17, 15) is 19.8 Å². The Kier molecular flexibility index (Phi) is 5.80. The Balaban J connectivity index is 2.73. The quantitative estimate of drug-likeness (QED) is 0.682. The van der Waals surface area contributed by atoms with Crippen LogP contribution in [0.4, 0.5) is 4.79 Å². The van der Waals surface area contributed by atoms with Gasteiger partial charge in [-0.05, 0) is 26.7 Å². The largest absolute Gasteiger partial charge is 0.481 e. The monoisotopic (exact) mass is 286 g/mol. The molecular weight excluding hydrogens is 260 g/mol. The Morgan fingerprint density at radius 2 is 1.85 bits per heavy atom. The van der Waals surface area contributed by atoms with E-state index in [2.05, 4.69) is 5.32 Å². The van der Waals surface area contributed by atoms with Gasteiger partial charge in [-0.3, -0.25) is 4.79 Å². The summed E-state index contributed by atoms with van der Waals surface area (Å²) in [5.41, 5.74) is -0.673. The van der Waals surface area contributed by atoms with E-state index in [0.717, 1.165) is 19.3 Å². The average molecular weight is 286 g/mol. The smallest absolute Gasteiger partial charge is 0.317 e. The summed E-state index contributed by atoms with van der Waals surface area (Å²) in [6.07, 6.45) is 4.13. The van der Waals surface area contributed by atoms with Gasteiger partial charge < -0.3 is 20.4 Å². The third-order valence-corrected chi connectivity index (χ3v) is 4.24. The lowest BCUT2D eigenvalue weighted by Crippen LogP contribution is -2.55. The average Bonchev–Trinajstić information content (AvgIpc) is 2.63. The molecule has 1 fully saturated rings. The van der Waals surface area contributed by atoms with Gasteiger partial charge in [-0.25, -0.2) is 4.79 Å². The van der Waals surface area contributed by atoms with Crippen LogP contribution in [-0.4, -0.2) is 52.3 Å². The molecule has 3 N–H and O–H groups in total. The van der Waals surface area contributed by atoms with Crippen molar-refractivity contribution in [2.45, 2.75) is 57.5 Å². The first-order valence-electron chi connectivity index (χ1n) is 7.17. The zero-order chi connectivity index (χ0) is 15.3. The van der Waals surface area contributed by atoms with Crippen LogP contribution in [0.25, 0.3) is 0 Å². The standard InChI is InChI=1S/C14H26N2O4/c1-14(2,9-17)16(3)13(20)15-11-8-6-4-5-7-10(11)12(18)19/h10-11,17H,4-9H2,1-3H3,(H,15,20)(H,18,19). The second-order valence-electron chi connectivity index (χ2n) is 6.17. The van der Waals surface area contributed by atoms with Gasteiger partial charge in [0, 0.05) is 13.1 Å². The maximum atomic E-state index is 12.2. The Morgan fingerprint density at radius 3 is 2.40 bits per heavy atom. The van der Waals surface area contributed by atoms with Crippen LogP contribution in [0.15, 0.2) is 0 Å². The van der Waals surface area contributed by atoms with Crippen LogP contribution >= 0.6 is 0 Å². The van der Waals surface area contributed by atoms with E-state index in [0.29, 0.717) is 12.8 Å². The molecule has 0 heterocycles. The fourth-order valence-electron chi connectivity index (χ4n) is 2.41. The molecule has 0 radical (unpaired) electrons. The van der Waals surface area contributed by atoms with E-state index in [1.165, 1.54) is 4.90 Å². The number of amides is 2. The van der Waals surface area contributed by atoms with Gasteiger partial charge in [0.25, 0.3) is 0 Å². The molecule has 1 aliphatic rings. The zero-order valence-corrected chi connectivity index (χ0v) is 12.6. The normalized spacial score (nSPS) is 23.8. The minimum absolute atomic E-state index is 0.149. The summed E-state index contributed by atoms with van der Waals surface area (Å²) in [7, 11) is 1.61. The number of carbonyl (C=O) groups excluding carboxylic acids is 1. The maximum absolute atomic E-state index is 12.2. The summed E-state index contributed by atoms with van der Waals surface area (Å²) < 4.78 is 0. The molecule has 2 atom stereocenters. The molecule has 1 saturated carbocycles.